The molecule has 1 aromatic carbocycles. The van der Waals surface area contributed by atoms with Crippen molar-refractivity contribution in [2.75, 3.05) is 12.0 Å². The number of phenols is 1. The molecule has 6 rings (SSSR count). The van der Waals surface area contributed by atoms with Crippen LogP contribution in [0, 0.1) is 5.82 Å². The first-order chi connectivity index (χ1) is 17.8. The van der Waals surface area contributed by atoms with Crippen molar-refractivity contribution in [1.29, 1.82) is 0 Å². The number of aromatic nitrogens is 4. The zero-order chi connectivity index (χ0) is 25.7. The van der Waals surface area contributed by atoms with E-state index in [2.05, 4.69) is 37.3 Å². The quantitative estimate of drug-likeness (QED) is 0.505. The van der Waals surface area contributed by atoms with Gasteiger partial charge in [-0.15, -0.1) is 10.2 Å². The maximum absolute atomic E-state index is 15.6. The minimum atomic E-state index is -0.987. The van der Waals surface area contributed by atoms with Gasteiger partial charge < -0.3 is 20.1 Å². The summed E-state index contributed by atoms with van der Waals surface area (Å²) in [6.07, 6.45) is 7.36. The molecular formula is C27H30F2N6O2. The molecule has 4 atom stereocenters. The van der Waals surface area contributed by atoms with E-state index in [0.29, 0.717) is 23.4 Å². The van der Waals surface area contributed by atoms with E-state index in [1.807, 2.05) is 0 Å². The third-order valence-electron chi connectivity index (χ3n) is 7.89. The number of aromatic hydroxyl groups is 1. The van der Waals surface area contributed by atoms with Gasteiger partial charge in [-0.1, -0.05) is 6.07 Å². The highest BCUT2D eigenvalue weighted by molar-refractivity contribution is 5.73. The van der Waals surface area contributed by atoms with E-state index in [0.717, 1.165) is 38.3 Å². The van der Waals surface area contributed by atoms with Crippen molar-refractivity contribution in [3.05, 3.63) is 42.5 Å². The lowest BCUT2D eigenvalue weighted by molar-refractivity contribution is 0.0584. The number of rotatable bonds is 6. The summed E-state index contributed by atoms with van der Waals surface area (Å²) in [7, 11) is 1.45. The van der Waals surface area contributed by atoms with Gasteiger partial charge in [0.1, 0.15) is 17.7 Å². The zero-order valence-corrected chi connectivity index (χ0v) is 20.9. The molecule has 0 spiro atoms. The topological polar surface area (TPSA) is 96.3 Å². The van der Waals surface area contributed by atoms with Crippen LogP contribution in [0.5, 0.6) is 11.6 Å². The summed E-state index contributed by atoms with van der Waals surface area (Å²) >= 11 is 0. The van der Waals surface area contributed by atoms with E-state index in [4.69, 9.17) is 4.74 Å². The largest absolute Gasteiger partial charge is 0.507 e. The highest BCUT2D eigenvalue weighted by Gasteiger charge is 2.50. The fourth-order valence-electron chi connectivity index (χ4n) is 5.93. The molecule has 2 saturated heterocycles. The predicted molar refractivity (Wildman–Crippen MR) is 135 cm³/mol. The number of fused-ring (bicyclic) bond motifs is 2. The molecule has 2 aliphatic heterocycles. The molecule has 4 heterocycles. The second-order valence-electron chi connectivity index (χ2n) is 10.6. The first-order valence-electron chi connectivity index (χ1n) is 12.8. The summed E-state index contributed by atoms with van der Waals surface area (Å²) in [6, 6.07) is 6.04. The number of phenolic OH excluding ortho intramolecular Hbond substituents is 1. The Morgan fingerprint density at radius 3 is 2.65 bits per heavy atom. The number of hydrogen-bond donors (Lipinski definition) is 2. The van der Waals surface area contributed by atoms with Gasteiger partial charge in [-0.3, -0.25) is 0 Å². The van der Waals surface area contributed by atoms with Crippen LogP contribution in [0.4, 0.5) is 14.6 Å². The minimum Gasteiger partial charge on any atom is -0.507 e. The van der Waals surface area contributed by atoms with Crippen molar-refractivity contribution < 1.29 is 18.6 Å². The summed E-state index contributed by atoms with van der Waals surface area (Å²) < 4.78 is 35.1. The molecule has 3 aliphatic rings. The molecule has 1 saturated carbocycles. The number of halogens is 2. The molecule has 2 bridgehead atoms. The number of benzene rings is 1. The van der Waals surface area contributed by atoms with Gasteiger partial charge in [-0.2, -0.15) is 0 Å². The number of ether oxygens (including phenoxy) is 1. The van der Waals surface area contributed by atoms with E-state index < -0.39 is 12.0 Å². The van der Waals surface area contributed by atoms with Crippen LogP contribution in [0.15, 0.2) is 36.7 Å². The van der Waals surface area contributed by atoms with Crippen LogP contribution >= 0.6 is 0 Å². The maximum Gasteiger partial charge on any atom is 0.213 e. The third kappa shape index (κ3) is 4.47. The summed E-state index contributed by atoms with van der Waals surface area (Å²) in [5.41, 5.74) is 1.01. The molecule has 2 N–H and O–H groups in total. The molecule has 37 heavy (non-hydrogen) atoms. The Balaban J connectivity index is 1.27. The van der Waals surface area contributed by atoms with Gasteiger partial charge >= 0.3 is 0 Å². The number of nitrogens with zero attached hydrogens (tertiary/aromatic N) is 5. The number of nitrogens with one attached hydrogen (secondary N) is 1. The smallest absolute Gasteiger partial charge is 0.213 e. The number of methoxy groups -OCH3 is 1. The molecule has 0 unspecified atom stereocenters. The number of alkyl halides is 1. The summed E-state index contributed by atoms with van der Waals surface area (Å²) in [5.74, 6) is 0.429. The van der Waals surface area contributed by atoms with E-state index in [-0.39, 0.29) is 46.7 Å². The van der Waals surface area contributed by atoms with Crippen molar-refractivity contribution in [3.63, 3.8) is 0 Å². The minimum absolute atomic E-state index is 0.0735. The van der Waals surface area contributed by atoms with Gasteiger partial charge in [-0.05, 0) is 63.1 Å². The molecule has 194 valence electrons. The average Bonchev–Trinajstić information content (AvgIpc) is 3.73. The molecule has 10 heteroatoms. The van der Waals surface area contributed by atoms with Crippen LogP contribution in [0.1, 0.15) is 45.4 Å². The number of pyridine rings is 1. The molecule has 2 aromatic heterocycles. The van der Waals surface area contributed by atoms with E-state index in [1.165, 1.54) is 19.2 Å². The number of piperidine rings is 2. The molecule has 0 amide bonds. The third-order valence-corrected chi connectivity index (χ3v) is 7.89. The molecular weight excluding hydrogens is 478 g/mol. The van der Waals surface area contributed by atoms with Crippen molar-refractivity contribution >= 4 is 5.82 Å². The van der Waals surface area contributed by atoms with Crippen molar-refractivity contribution in [1.82, 2.24) is 25.5 Å². The highest BCUT2D eigenvalue weighted by Crippen LogP contribution is 2.42. The van der Waals surface area contributed by atoms with Gasteiger partial charge in [0, 0.05) is 29.3 Å². The lowest BCUT2D eigenvalue weighted by Gasteiger charge is -2.52. The normalized spacial score (nSPS) is 27.1. The Morgan fingerprint density at radius 1 is 1.11 bits per heavy atom. The Morgan fingerprint density at radius 2 is 1.95 bits per heavy atom. The average molecular weight is 509 g/mol. The van der Waals surface area contributed by atoms with Crippen molar-refractivity contribution in [2.45, 2.75) is 75.3 Å². The number of hydrogen-bond acceptors (Lipinski definition) is 8. The van der Waals surface area contributed by atoms with Crippen molar-refractivity contribution in [3.8, 4) is 34.1 Å². The summed E-state index contributed by atoms with van der Waals surface area (Å²) in [4.78, 5) is 10.4. The lowest BCUT2D eigenvalue weighted by atomic mass is 9.74. The maximum atomic E-state index is 15.6. The molecule has 8 nitrogen and oxygen atoms in total. The van der Waals surface area contributed by atoms with Crippen LogP contribution in [0.3, 0.4) is 0 Å². The zero-order valence-electron chi connectivity index (χ0n) is 20.9. The predicted octanol–water partition coefficient (Wildman–Crippen LogP) is 4.43. The first-order valence-corrected chi connectivity index (χ1v) is 12.8. The van der Waals surface area contributed by atoms with Gasteiger partial charge in [0.15, 0.2) is 11.6 Å². The molecule has 3 aromatic rings. The SMILES string of the molecule is COc1cc(-c2ccc(-c3ncc(N(C4CC4)[C@H]4C[C@]5(C)CCC[C@@H](N5)[C@H]4F)nn3)c(O)c2)c(F)cn1. The van der Waals surface area contributed by atoms with Crippen LogP contribution < -0.4 is 15.0 Å². The Hall–Kier alpha value is -3.40. The fraction of sp³-hybridized carbons (Fsp3) is 0.481. The van der Waals surface area contributed by atoms with Crippen LogP contribution in [0.25, 0.3) is 22.5 Å². The Labute approximate surface area is 214 Å². The van der Waals surface area contributed by atoms with Crippen LogP contribution in [-0.2, 0) is 0 Å². The van der Waals surface area contributed by atoms with Gasteiger partial charge in [0.2, 0.25) is 5.88 Å². The molecule has 3 fully saturated rings. The van der Waals surface area contributed by atoms with Gasteiger partial charge in [0.25, 0.3) is 0 Å². The van der Waals surface area contributed by atoms with E-state index >= 15 is 4.39 Å². The molecule has 1 aliphatic carbocycles. The second-order valence-corrected chi connectivity index (χ2v) is 10.6. The van der Waals surface area contributed by atoms with Crippen LogP contribution in [0.2, 0.25) is 0 Å². The first kappa shape index (κ1) is 24.0. The van der Waals surface area contributed by atoms with Crippen LogP contribution in [-0.4, -0.2) is 62.2 Å². The summed E-state index contributed by atoms with van der Waals surface area (Å²) in [6.45, 7) is 2.19. The number of anilines is 1. The Bertz CT molecular complexity index is 1300. The summed E-state index contributed by atoms with van der Waals surface area (Å²) in [5, 5.41) is 23.0. The van der Waals surface area contributed by atoms with E-state index in [1.54, 1.807) is 18.3 Å². The van der Waals surface area contributed by atoms with Gasteiger partial charge in [0.05, 0.1) is 31.1 Å². The second kappa shape index (κ2) is 9.16. The standard InChI is InChI=1S/C27H30F2N6O2/c1-27-9-3-4-20(32-27)25(29)21(12-27)35(16-6-7-16)23-14-31-26(34-33-23)17-8-5-15(10-22(17)36)18-11-24(37-2)30-13-19(18)28/h5,8,10-11,13-14,16,20-21,25,32,36H,3-4,6-7,9,12H2,1-2H3/t20-,21+,25-,27+/m1/s1. The fourth-order valence-corrected chi connectivity index (χ4v) is 5.93. The molecule has 0 radical (unpaired) electrons. The lowest BCUT2D eigenvalue weighted by Crippen LogP contribution is -2.67. The Kier molecular flexibility index (Phi) is 5.94. The monoisotopic (exact) mass is 508 g/mol. The van der Waals surface area contributed by atoms with Gasteiger partial charge in [-0.25, -0.2) is 18.7 Å². The van der Waals surface area contributed by atoms with Crippen molar-refractivity contribution in [2.24, 2.45) is 0 Å². The van der Waals surface area contributed by atoms with E-state index in [9.17, 15) is 9.50 Å². The highest BCUT2D eigenvalue weighted by atomic mass is 19.1.